The molecule has 1 fully saturated rings. The molecule has 30 heavy (non-hydrogen) atoms. The van der Waals surface area contributed by atoms with Gasteiger partial charge in [-0.05, 0) is 56.0 Å². The molecule has 1 aliphatic rings. The third-order valence-corrected chi connectivity index (χ3v) is 7.63. The van der Waals surface area contributed by atoms with Gasteiger partial charge in [-0.2, -0.15) is 0 Å². The van der Waals surface area contributed by atoms with Crippen molar-refractivity contribution in [2.24, 2.45) is 0 Å². The second kappa shape index (κ2) is 10.0. The van der Waals surface area contributed by atoms with Crippen molar-refractivity contribution in [3.8, 4) is 0 Å². The van der Waals surface area contributed by atoms with Gasteiger partial charge in [0.25, 0.3) is 5.91 Å². The summed E-state index contributed by atoms with van der Waals surface area (Å²) in [6.45, 7) is 8.11. The van der Waals surface area contributed by atoms with Crippen LogP contribution in [0.4, 0.5) is 0 Å². The van der Waals surface area contributed by atoms with Gasteiger partial charge in [0.05, 0.1) is 18.1 Å². The van der Waals surface area contributed by atoms with Gasteiger partial charge in [0.1, 0.15) is 0 Å². The molecule has 0 unspecified atom stereocenters. The maximum atomic E-state index is 12.5. The third-order valence-electron chi connectivity index (χ3n) is 5.22. The fourth-order valence-corrected chi connectivity index (χ4v) is 5.05. The summed E-state index contributed by atoms with van der Waals surface area (Å²) >= 11 is 1.60. The summed E-state index contributed by atoms with van der Waals surface area (Å²) in [4.78, 5) is 16.1. The SMILES string of the molecule is CC(C)(CNC(=O)c1ccc(S(=O)(=O)NCCc2cccs2)cc1)N1CCOCC1. The second-order valence-corrected chi connectivity index (χ2v) is 10.6. The Kier molecular flexibility index (Phi) is 7.65. The fourth-order valence-electron chi connectivity index (χ4n) is 3.31. The minimum Gasteiger partial charge on any atom is -0.379 e. The highest BCUT2D eigenvalue weighted by atomic mass is 32.2. The average molecular weight is 452 g/mol. The Morgan fingerprint density at radius 3 is 2.50 bits per heavy atom. The van der Waals surface area contributed by atoms with Crippen LogP contribution in [0.2, 0.25) is 0 Å². The molecule has 1 aliphatic heterocycles. The van der Waals surface area contributed by atoms with Crippen molar-refractivity contribution in [2.75, 3.05) is 39.4 Å². The van der Waals surface area contributed by atoms with Crippen LogP contribution in [0, 0.1) is 0 Å². The topological polar surface area (TPSA) is 87.7 Å². The van der Waals surface area contributed by atoms with E-state index in [0.29, 0.717) is 38.3 Å². The smallest absolute Gasteiger partial charge is 0.251 e. The van der Waals surface area contributed by atoms with Crippen LogP contribution in [0.25, 0.3) is 0 Å². The molecule has 2 aromatic rings. The molecular formula is C21H29N3O4S2. The Morgan fingerprint density at radius 2 is 1.87 bits per heavy atom. The summed E-state index contributed by atoms with van der Waals surface area (Å²) < 4.78 is 32.9. The number of amides is 1. The number of hydrogen-bond donors (Lipinski definition) is 2. The molecule has 1 saturated heterocycles. The van der Waals surface area contributed by atoms with E-state index < -0.39 is 10.0 Å². The lowest BCUT2D eigenvalue weighted by molar-refractivity contribution is -0.00923. The van der Waals surface area contributed by atoms with Crippen LogP contribution < -0.4 is 10.0 Å². The van der Waals surface area contributed by atoms with Crippen molar-refractivity contribution in [2.45, 2.75) is 30.7 Å². The molecule has 0 bridgehead atoms. The van der Waals surface area contributed by atoms with E-state index in [4.69, 9.17) is 4.74 Å². The average Bonchev–Trinajstić information content (AvgIpc) is 3.26. The van der Waals surface area contributed by atoms with E-state index in [0.717, 1.165) is 18.0 Å². The number of carbonyl (C=O) groups is 1. The van der Waals surface area contributed by atoms with Crippen LogP contribution in [0.5, 0.6) is 0 Å². The van der Waals surface area contributed by atoms with E-state index in [1.807, 2.05) is 17.5 Å². The lowest BCUT2D eigenvalue weighted by Gasteiger charge is -2.40. The Hall–Kier alpha value is -1.78. The molecule has 3 rings (SSSR count). The highest BCUT2D eigenvalue weighted by Crippen LogP contribution is 2.16. The Morgan fingerprint density at radius 1 is 1.17 bits per heavy atom. The van der Waals surface area contributed by atoms with Crippen LogP contribution in [0.3, 0.4) is 0 Å². The van der Waals surface area contributed by atoms with E-state index in [1.54, 1.807) is 23.5 Å². The van der Waals surface area contributed by atoms with Crippen LogP contribution in [0.1, 0.15) is 29.1 Å². The highest BCUT2D eigenvalue weighted by Gasteiger charge is 2.28. The third kappa shape index (κ3) is 6.12. The normalized spacial score (nSPS) is 15.8. The van der Waals surface area contributed by atoms with Gasteiger partial charge in [0, 0.05) is 42.2 Å². The summed E-state index contributed by atoms with van der Waals surface area (Å²) in [6, 6.07) is 9.95. The van der Waals surface area contributed by atoms with Gasteiger partial charge in [0.2, 0.25) is 10.0 Å². The van der Waals surface area contributed by atoms with E-state index in [2.05, 4.69) is 28.8 Å². The number of rotatable bonds is 9. The van der Waals surface area contributed by atoms with Gasteiger partial charge in [-0.3, -0.25) is 9.69 Å². The van der Waals surface area contributed by atoms with Crippen molar-refractivity contribution >= 4 is 27.3 Å². The molecule has 0 aliphatic carbocycles. The second-order valence-electron chi connectivity index (χ2n) is 7.85. The summed E-state index contributed by atoms with van der Waals surface area (Å²) in [5.74, 6) is -0.217. The molecule has 9 heteroatoms. The number of ether oxygens (including phenoxy) is 1. The first kappa shape index (κ1) is 22.9. The largest absolute Gasteiger partial charge is 0.379 e. The van der Waals surface area contributed by atoms with E-state index in [1.165, 1.54) is 12.1 Å². The van der Waals surface area contributed by atoms with Crippen molar-refractivity contribution in [1.82, 2.24) is 14.9 Å². The molecular weight excluding hydrogens is 422 g/mol. The molecule has 2 N–H and O–H groups in total. The Labute approximate surface area is 182 Å². The summed E-state index contributed by atoms with van der Waals surface area (Å²) in [6.07, 6.45) is 0.649. The standard InChI is InChI=1S/C21H29N3O4S2/c1-21(2,24-11-13-28-14-12-24)16-22-20(25)17-5-7-19(8-6-17)30(26,27)23-10-9-18-4-3-15-29-18/h3-8,15,23H,9-14,16H2,1-2H3,(H,22,25). The van der Waals surface area contributed by atoms with Gasteiger partial charge >= 0.3 is 0 Å². The maximum absolute atomic E-state index is 12.5. The summed E-state index contributed by atoms with van der Waals surface area (Å²) in [7, 11) is -3.60. The van der Waals surface area contributed by atoms with Gasteiger partial charge in [-0.1, -0.05) is 6.07 Å². The van der Waals surface area contributed by atoms with Crippen molar-refractivity contribution < 1.29 is 17.9 Å². The number of sulfonamides is 1. The van der Waals surface area contributed by atoms with Gasteiger partial charge in [-0.25, -0.2) is 13.1 Å². The number of nitrogens with zero attached hydrogens (tertiary/aromatic N) is 1. The van der Waals surface area contributed by atoms with Crippen LogP contribution >= 0.6 is 11.3 Å². The predicted octanol–water partition coefficient (Wildman–Crippen LogP) is 2.11. The minimum atomic E-state index is -3.60. The molecule has 164 valence electrons. The lowest BCUT2D eigenvalue weighted by atomic mass is 10.0. The zero-order chi connectivity index (χ0) is 21.6. The Bertz CT molecular complexity index is 920. The zero-order valence-electron chi connectivity index (χ0n) is 17.4. The van der Waals surface area contributed by atoms with E-state index in [-0.39, 0.29) is 16.3 Å². The maximum Gasteiger partial charge on any atom is 0.251 e. The number of benzene rings is 1. The quantitative estimate of drug-likeness (QED) is 0.610. The van der Waals surface area contributed by atoms with Gasteiger partial charge < -0.3 is 10.1 Å². The fraction of sp³-hybridized carbons (Fsp3) is 0.476. The number of nitrogens with one attached hydrogen (secondary N) is 2. The molecule has 0 spiro atoms. The van der Waals surface area contributed by atoms with Crippen molar-refractivity contribution in [3.05, 3.63) is 52.2 Å². The van der Waals surface area contributed by atoms with Crippen molar-refractivity contribution in [3.63, 3.8) is 0 Å². The predicted molar refractivity (Wildman–Crippen MR) is 118 cm³/mol. The van der Waals surface area contributed by atoms with Crippen molar-refractivity contribution in [1.29, 1.82) is 0 Å². The van der Waals surface area contributed by atoms with Gasteiger partial charge in [-0.15, -0.1) is 11.3 Å². The van der Waals surface area contributed by atoms with E-state index >= 15 is 0 Å². The lowest BCUT2D eigenvalue weighted by Crippen LogP contribution is -2.55. The summed E-state index contributed by atoms with van der Waals surface area (Å²) in [5, 5.41) is 4.93. The monoisotopic (exact) mass is 451 g/mol. The molecule has 1 amide bonds. The molecule has 7 nitrogen and oxygen atoms in total. The molecule has 0 saturated carbocycles. The van der Waals surface area contributed by atoms with Crippen LogP contribution in [-0.2, 0) is 21.2 Å². The summed E-state index contributed by atoms with van der Waals surface area (Å²) in [5.41, 5.74) is 0.250. The molecule has 2 heterocycles. The molecule has 1 aromatic carbocycles. The number of morpholine rings is 1. The first-order valence-corrected chi connectivity index (χ1v) is 12.4. The Balaban J connectivity index is 1.52. The zero-order valence-corrected chi connectivity index (χ0v) is 19.0. The number of thiophene rings is 1. The number of hydrogen-bond acceptors (Lipinski definition) is 6. The van der Waals surface area contributed by atoms with Crippen LogP contribution in [0.15, 0.2) is 46.7 Å². The first-order chi connectivity index (χ1) is 14.3. The van der Waals surface area contributed by atoms with Gasteiger partial charge in [0.15, 0.2) is 0 Å². The minimum absolute atomic E-state index is 0.152. The number of carbonyl (C=O) groups excluding carboxylic acids is 1. The molecule has 0 radical (unpaired) electrons. The molecule has 0 atom stereocenters. The molecule has 1 aromatic heterocycles. The van der Waals surface area contributed by atoms with Crippen LogP contribution in [-0.4, -0.2) is 64.2 Å². The highest BCUT2D eigenvalue weighted by molar-refractivity contribution is 7.89. The first-order valence-electron chi connectivity index (χ1n) is 10.0. The van der Waals surface area contributed by atoms with E-state index in [9.17, 15) is 13.2 Å².